The van der Waals surface area contributed by atoms with Crippen molar-refractivity contribution in [2.45, 2.75) is 66.5 Å². The van der Waals surface area contributed by atoms with Gasteiger partial charge in [-0.3, -0.25) is 14.6 Å². The predicted octanol–water partition coefficient (Wildman–Crippen LogP) is 2.57. The number of nitrogens with zero attached hydrogens (tertiary/aromatic N) is 4. The Hall–Kier alpha value is -1.56. The van der Waals surface area contributed by atoms with Crippen molar-refractivity contribution in [2.24, 2.45) is 10.9 Å². The second-order valence-electron chi connectivity index (χ2n) is 7.70. The Morgan fingerprint density at radius 2 is 1.96 bits per heavy atom. The number of guanidine groups is 1. The third-order valence-electron chi connectivity index (χ3n) is 5.10. The minimum Gasteiger partial charge on any atom is -0.357 e. The van der Waals surface area contributed by atoms with Gasteiger partial charge in [0.25, 0.3) is 0 Å². The van der Waals surface area contributed by atoms with Crippen LogP contribution in [0, 0.1) is 19.8 Å². The molecular formula is C20H38N6. The van der Waals surface area contributed by atoms with Gasteiger partial charge in [0.1, 0.15) is 0 Å². The van der Waals surface area contributed by atoms with Crippen molar-refractivity contribution in [3.63, 3.8) is 0 Å². The molecule has 0 bridgehead atoms. The number of aromatic nitrogens is 2. The van der Waals surface area contributed by atoms with Crippen molar-refractivity contribution in [3.8, 4) is 0 Å². The lowest BCUT2D eigenvalue weighted by molar-refractivity contribution is 0.197. The molecular weight excluding hydrogens is 324 g/mol. The summed E-state index contributed by atoms with van der Waals surface area (Å²) in [5, 5.41) is 11.4. The normalized spacial score (nSPS) is 17.1. The average Bonchev–Trinajstić information content (AvgIpc) is 3.21. The molecule has 0 radical (unpaired) electrons. The van der Waals surface area contributed by atoms with Crippen LogP contribution in [-0.4, -0.2) is 59.4 Å². The van der Waals surface area contributed by atoms with Crippen molar-refractivity contribution in [2.75, 3.05) is 32.7 Å². The van der Waals surface area contributed by atoms with Crippen LogP contribution in [0.4, 0.5) is 0 Å². The third-order valence-corrected chi connectivity index (χ3v) is 5.10. The zero-order chi connectivity index (χ0) is 18.9. The van der Waals surface area contributed by atoms with E-state index in [1.54, 1.807) is 0 Å². The topological polar surface area (TPSA) is 57.5 Å². The smallest absolute Gasteiger partial charge is 0.191 e. The molecule has 148 valence electrons. The SMILES string of the molecule is CCNC(=NCC(C(C)C)N1CCCC1)NCCCn1nc(C)cc1C. The van der Waals surface area contributed by atoms with Gasteiger partial charge in [0.05, 0.1) is 12.2 Å². The maximum Gasteiger partial charge on any atom is 0.191 e. The molecule has 1 aliphatic rings. The average molecular weight is 363 g/mol. The first-order valence-corrected chi connectivity index (χ1v) is 10.3. The summed E-state index contributed by atoms with van der Waals surface area (Å²) < 4.78 is 2.09. The highest BCUT2D eigenvalue weighted by molar-refractivity contribution is 5.79. The van der Waals surface area contributed by atoms with Gasteiger partial charge in [-0.15, -0.1) is 0 Å². The van der Waals surface area contributed by atoms with Crippen molar-refractivity contribution < 1.29 is 0 Å². The number of nitrogens with one attached hydrogen (secondary N) is 2. The molecule has 1 atom stereocenters. The minimum atomic E-state index is 0.544. The van der Waals surface area contributed by atoms with E-state index >= 15 is 0 Å². The number of aliphatic imine (C=N–C) groups is 1. The Labute approximate surface area is 159 Å². The number of hydrogen-bond acceptors (Lipinski definition) is 3. The molecule has 0 aromatic carbocycles. The van der Waals surface area contributed by atoms with E-state index in [1.807, 2.05) is 6.92 Å². The predicted molar refractivity (Wildman–Crippen MR) is 110 cm³/mol. The van der Waals surface area contributed by atoms with Gasteiger partial charge >= 0.3 is 0 Å². The molecule has 1 aliphatic heterocycles. The minimum absolute atomic E-state index is 0.544. The summed E-state index contributed by atoms with van der Waals surface area (Å²) in [5.41, 5.74) is 2.32. The van der Waals surface area contributed by atoms with Gasteiger partial charge in [-0.2, -0.15) is 5.10 Å². The zero-order valence-corrected chi connectivity index (χ0v) is 17.4. The first-order valence-electron chi connectivity index (χ1n) is 10.3. The summed E-state index contributed by atoms with van der Waals surface area (Å²) in [6.07, 6.45) is 3.70. The maximum atomic E-state index is 4.88. The molecule has 6 heteroatoms. The Morgan fingerprint density at radius 3 is 2.54 bits per heavy atom. The fourth-order valence-corrected chi connectivity index (χ4v) is 3.68. The molecule has 0 spiro atoms. The molecule has 2 rings (SSSR count). The molecule has 1 saturated heterocycles. The summed E-state index contributed by atoms with van der Waals surface area (Å²) in [7, 11) is 0. The van der Waals surface area contributed by atoms with Crippen LogP contribution in [0.5, 0.6) is 0 Å². The highest BCUT2D eigenvalue weighted by Gasteiger charge is 2.24. The highest BCUT2D eigenvalue weighted by atomic mass is 15.3. The lowest BCUT2D eigenvalue weighted by Gasteiger charge is -2.29. The van der Waals surface area contributed by atoms with Crippen LogP contribution in [0.3, 0.4) is 0 Å². The largest absolute Gasteiger partial charge is 0.357 e. The van der Waals surface area contributed by atoms with Gasteiger partial charge in [-0.1, -0.05) is 13.8 Å². The van der Waals surface area contributed by atoms with Crippen LogP contribution >= 0.6 is 0 Å². The van der Waals surface area contributed by atoms with E-state index in [0.717, 1.165) is 44.3 Å². The van der Waals surface area contributed by atoms with Crippen molar-refractivity contribution in [1.29, 1.82) is 0 Å². The van der Waals surface area contributed by atoms with Gasteiger partial charge in [0, 0.05) is 31.4 Å². The van der Waals surface area contributed by atoms with Crippen LogP contribution < -0.4 is 10.6 Å². The molecule has 2 N–H and O–H groups in total. The molecule has 0 aliphatic carbocycles. The molecule has 1 aromatic heterocycles. The quantitative estimate of drug-likeness (QED) is 0.403. The number of aryl methyl sites for hydroxylation is 3. The molecule has 2 heterocycles. The van der Waals surface area contributed by atoms with Gasteiger partial charge in [-0.25, -0.2) is 0 Å². The number of rotatable bonds is 9. The fraction of sp³-hybridized carbons (Fsp3) is 0.800. The number of likely N-dealkylation sites (tertiary alicyclic amines) is 1. The first kappa shape index (κ1) is 20.7. The van der Waals surface area contributed by atoms with Gasteiger partial charge < -0.3 is 10.6 Å². The van der Waals surface area contributed by atoms with E-state index in [4.69, 9.17) is 4.99 Å². The Morgan fingerprint density at radius 1 is 1.23 bits per heavy atom. The van der Waals surface area contributed by atoms with E-state index in [9.17, 15) is 0 Å². The summed E-state index contributed by atoms with van der Waals surface area (Å²) in [4.78, 5) is 7.49. The van der Waals surface area contributed by atoms with Crippen molar-refractivity contribution in [3.05, 3.63) is 17.5 Å². The van der Waals surface area contributed by atoms with Crippen LogP contribution in [0.1, 0.15) is 51.4 Å². The van der Waals surface area contributed by atoms with Crippen LogP contribution in [0.15, 0.2) is 11.1 Å². The summed E-state index contributed by atoms with van der Waals surface area (Å²) in [6.45, 7) is 17.0. The van der Waals surface area contributed by atoms with E-state index in [0.29, 0.717) is 12.0 Å². The first-order chi connectivity index (χ1) is 12.5. The highest BCUT2D eigenvalue weighted by Crippen LogP contribution is 2.17. The molecule has 1 aromatic rings. The second kappa shape index (κ2) is 10.6. The van der Waals surface area contributed by atoms with Crippen LogP contribution in [0.2, 0.25) is 0 Å². The summed E-state index contributed by atoms with van der Waals surface area (Å²) in [5.74, 6) is 1.57. The van der Waals surface area contributed by atoms with E-state index < -0.39 is 0 Å². The lowest BCUT2D eigenvalue weighted by atomic mass is 10.0. The fourth-order valence-electron chi connectivity index (χ4n) is 3.68. The lowest BCUT2D eigenvalue weighted by Crippen LogP contribution is -2.42. The third kappa shape index (κ3) is 6.31. The monoisotopic (exact) mass is 362 g/mol. The van der Waals surface area contributed by atoms with Crippen molar-refractivity contribution >= 4 is 5.96 Å². The molecule has 0 amide bonds. The molecule has 1 unspecified atom stereocenters. The van der Waals surface area contributed by atoms with E-state index in [-0.39, 0.29) is 0 Å². The van der Waals surface area contributed by atoms with Gasteiger partial charge in [0.15, 0.2) is 5.96 Å². The molecule has 26 heavy (non-hydrogen) atoms. The van der Waals surface area contributed by atoms with Crippen molar-refractivity contribution in [1.82, 2.24) is 25.3 Å². The number of hydrogen-bond donors (Lipinski definition) is 2. The summed E-state index contributed by atoms with van der Waals surface area (Å²) >= 11 is 0. The Kier molecular flexibility index (Phi) is 8.42. The summed E-state index contributed by atoms with van der Waals surface area (Å²) in [6, 6.07) is 2.67. The Balaban J connectivity index is 1.82. The standard InChI is InChI=1S/C20H38N6/c1-6-21-20(22-10-9-13-26-18(5)14-17(4)24-26)23-15-19(16(2)3)25-11-7-8-12-25/h14,16,19H,6-13,15H2,1-5H3,(H2,21,22,23). The molecule has 0 saturated carbocycles. The van der Waals surface area contributed by atoms with Gasteiger partial charge in [-0.05, 0) is 65.1 Å². The maximum absolute atomic E-state index is 4.88. The zero-order valence-electron chi connectivity index (χ0n) is 17.4. The van der Waals surface area contributed by atoms with Crippen LogP contribution in [0.25, 0.3) is 0 Å². The van der Waals surface area contributed by atoms with E-state index in [2.05, 4.69) is 59.1 Å². The second-order valence-corrected chi connectivity index (χ2v) is 7.70. The Bertz CT molecular complexity index is 557. The molecule has 6 nitrogen and oxygen atoms in total. The molecule has 1 fully saturated rings. The van der Waals surface area contributed by atoms with E-state index in [1.165, 1.54) is 31.6 Å². The van der Waals surface area contributed by atoms with Gasteiger partial charge in [0.2, 0.25) is 0 Å². The van der Waals surface area contributed by atoms with Crippen LogP contribution in [-0.2, 0) is 6.54 Å².